The Morgan fingerprint density at radius 3 is 2.68 bits per heavy atom. The normalized spacial score (nSPS) is 12.1. The number of thiophene rings is 1. The lowest BCUT2D eigenvalue weighted by molar-refractivity contribution is 0.447. The maximum absolute atomic E-state index is 12.4. The van der Waals surface area contributed by atoms with Gasteiger partial charge in [0.2, 0.25) is 0 Å². The number of nitrogens with zero attached hydrogens (tertiary/aromatic N) is 2. The van der Waals surface area contributed by atoms with Crippen LogP contribution in [0.4, 0.5) is 0 Å². The molecule has 0 aliphatic heterocycles. The van der Waals surface area contributed by atoms with Gasteiger partial charge in [-0.05, 0) is 24.6 Å². The second-order valence-corrected chi connectivity index (χ2v) is 8.15. The van der Waals surface area contributed by atoms with Crippen molar-refractivity contribution in [2.75, 3.05) is 19.6 Å². The predicted octanol–water partition coefficient (Wildman–Crippen LogP) is 1.83. The Morgan fingerprint density at radius 1 is 1.27 bits per heavy atom. The monoisotopic (exact) mass is 342 g/mol. The van der Waals surface area contributed by atoms with Crippen LogP contribution >= 0.6 is 11.3 Å². The Hall–Kier alpha value is -1.22. The molecular weight excluding hydrogens is 320 g/mol. The van der Waals surface area contributed by atoms with E-state index in [-0.39, 0.29) is 0 Å². The molecule has 2 aromatic rings. The molecule has 0 unspecified atom stereocenters. The summed E-state index contributed by atoms with van der Waals surface area (Å²) in [5.41, 5.74) is 1.04. The zero-order valence-corrected chi connectivity index (χ0v) is 14.5. The highest BCUT2D eigenvalue weighted by Gasteiger charge is 2.23. The molecule has 22 heavy (non-hydrogen) atoms. The predicted molar refractivity (Wildman–Crippen MR) is 88.4 cm³/mol. The maximum atomic E-state index is 12.4. The maximum Gasteiger partial charge on any atom is 0.252 e. The van der Waals surface area contributed by atoms with Crippen LogP contribution in [0.25, 0.3) is 0 Å². The van der Waals surface area contributed by atoms with Gasteiger partial charge in [0.05, 0.1) is 0 Å². The molecule has 0 aliphatic rings. The third-order valence-corrected chi connectivity index (χ3v) is 7.02. The summed E-state index contributed by atoms with van der Waals surface area (Å²) in [6, 6.07) is 5.54. The third-order valence-electron chi connectivity index (χ3n) is 3.36. The molecule has 0 saturated carbocycles. The first-order chi connectivity index (χ1) is 10.6. The van der Waals surface area contributed by atoms with Crippen molar-refractivity contribution in [1.29, 1.82) is 0 Å². The Labute approximate surface area is 135 Å². The highest BCUT2D eigenvalue weighted by Crippen LogP contribution is 2.25. The number of nitrogens with one attached hydrogen (secondary N) is 2. The van der Waals surface area contributed by atoms with Crippen LogP contribution in [0.5, 0.6) is 0 Å². The smallest absolute Gasteiger partial charge is 0.252 e. The molecule has 2 N–H and O–H groups in total. The molecule has 2 aromatic heterocycles. The highest BCUT2D eigenvalue weighted by molar-refractivity contribution is 7.91. The van der Waals surface area contributed by atoms with Gasteiger partial charge in [0, 0.05) is 42.9 Å². The molecule has 0 amide bonds. The first-order valence-electron chi connectivity index (χ1n) is 7.35. The number of hydrogen-bond donors (Lipinski definition) is 2. The average molecular weight is 342 g/mol. The van der Waals surface area contributed by atoms with Gasteiger partial charge < -0.3 is 5.32 Å². The summed E-state index contributed by atoms with van der Waals surface area (Å²) in [5.74, 6) is 0. The van der Waals surface area contributed by atoms with Crippen LogP contribution in [0, 0.1) is 0 Å². The van der Waals surface area contributed by atoms with Crippen LogP contribution in [0.3, 0.4) is 0 Å². The summed E-state index contributed by atoms with van der Waals surface area (Å²) in [5, 5.41) is 10.1. The molecule has 122 valence electrons. The molecule has 0 fully saturated rings. The van der Waals surface area contributed by atoms with Gasteiger partial charge in [-0.1, -0.05) is 13.8 Å². The Morgan fingerprint density at radius 2 is 2.05 bits per heavy atom. The zero-order chi connectivity index (χ0) is 16.0. The van der Waals surface area contributed by atoms with Gasteiger partial charge >= 0.3 is 0 Å². The Kier molecular flexibility index (Phi) is 6.13. The largest absolute Gasteiger partial charge is 0.311 e. The lowest BCUT2D eigenvalue weighted by Gasteiger charge is -2.16. The number of aromatic nitrogens is 2. The van der Waals surface area contributed by atoms with Crippen molar-refractivity contribution >= 4 is 21.4 Å². The Balaban J connectivity index is 1.88. The van der Waals surface area contributed by atoms with Gasteiger partial charge in [-0.2, -0.15) is 9.40 Å². The van der Waals surface area contributed by atoms with Gasteiger partial charge in [-0.15, -0.1) is 11.3 Å². The third kappa shape index (κ3) is 4.16. The van der Waals surface area contributed by atoms with Crippen LogP contribution in [-0.4, -0.2) is 42.6 Å². The molecule has 0 spiro atoms. The minimum atomic E-state index is -3.33. The fourth-order valence-corrected chi connectivity index (χ4v) is 5.11. The zero-order valence-electron chi connectivity index (χ0n) is 12.9. The first-order valence-corrected chi connectivity index (χ1v) is 9.61. The molecule has 0 atom stereocenters. The van der Waals surface area contributed by atoms with E-state index in [0.29, 0.717) is 17.3 Å². The molecular formula is C14H22N4O2S2. The summed E-state index contributed by atoms with van der Waals surface area (Å²) in [7, 11) is -3.33. The number of hydrogen-bond acceptors (Lipinski definition) is 5. The number of rotatable bonds is 9. The van der Waals surface area contributed by atoms with E-state index in [4.69, 9.17) is 0 Å². The SMILES string of the molecule is CCN(CC)S(=O)(=O)c1ccc(CCNCc2ccn[nH]2)s1. The van der Waals surface area contributed by atoms with Gasteiger partial charge in [-0.3, -0.25) is 5.10 Å². The molecule has 2 rings (SSSR count). The van der Waals surface area contributed by atoms with E-state index in [1.165, 1.54) is 15.6 Å². The van der Waals surface area contributed by atoms with E-state index in [1.54, 1.807) is 12.3 Å². The van der Waals surface area contributed by atoms with Crippen molar-refractivity contribution in [3.05, 3.63) is 35.0 Å². The van der Waals surface area contributed by atoms with Crippen LogP contribution in [0.2, 0.25) is 0 Å². The minimum Gasteiger partial charge on any atom is -0.311 e. The summed E-state index contributed by atoms with van der Waals surface area (Å²) in [4.78, 5) is 1.07. The van der Waals surface area contributed by atoms with E-state index in [2.05, 4.69) is 15.5 Å². The summed E-state index contributed by atoms with van der Waals surface area (Å²) in [6.45, 7) is 6.24. The molecule has 8 heteroatoms. The van der Waals surface area contributed by atoms with Crippen molar-refractivity contribution in [3.8, 4) is 0 Å². The first kappa shape index (κ1) is 17.1. The van der Waals surface area contributed by atoms with Crippen LogP contribution in [0.1, 0.15) is 24.4 Å². The molecule has 6 nitrogen and oxygen atoms in total. The number of aromatic amines is 1. The topological polar surface area (TPSA) is 78.1 Å². The fraction of sp³-hybridized carbons (Fsp3) is 0.500. The van der Waals surface area contributed by atoms with Crippen molar-refractivity contribution in [2.45, 2.75) is 31.0 Å². The molecule has 0 saturated heterocycles. The van der Waals surface area contributed by atoms with E-state index < -0.39 is 10.0 Å². The average Bonchev–Trinajstić information content (AvgIpc) is 3.16. The highest BCUT2D eigenvalue weighted by atomic mass is 32.2. The fourth-order valence-electron chi connectivity index (χ4n) is 2.14. The molecule has 0 radical (unpaired) electrons. The second kappa shape index (κ2) is 7.87. The van der Waals surface area contributed by atoms with Gasteiger partial charge in [0.25, 0.3) is 10.0 Å². The van der Waals surface area contributed by atoms with Crippen molar-refractivity contribution in [2.24, 2.45) is 0 Å². The molecule has 0 aliphatic carbocycles. The van der Waals surface area contributed by atoms with Crippen molar-refractivity contribution in [1.82, 2.24) is 19.8 Å². The van der Waals surface area contributed by atoms with Gasteiger partial charge in [0.15, 0.2) is 0 Å². The van der Waals surface area contributed by atoms with Crippen LogP contribution < -0.4 is 5.32 Å². The summed E-state index contributed by atoms with van der Waals surface area (Å²) in [6.07, 6.45) is 2.53. The van der Waals surface area contributed by atoms with Crippen LogP contribution in [-0.2, 0) is 23.0 Å². The quantitative estimate of drug-likeness (QED) is 0.682. The summed E-state index contributed by atoms with van der Waals surface area (Å²) < 4.78 is 26.7. The lowest BCUT2D eigenvalue weighted by Crippen LogP contribution is -2.29. The second-order valence-electron chi connectivity index (χ2n) is 4.82. The minimum absolute atomic E-state index is 0.430. The Bertz CT molecular complexity index is 661. The van der Waals surface area contributed by atoms with Crippen molar-refractivity contribution in [3.63, 3.8) is 0 Å². The van der Waals surface area contributed by atoms with Gasteiger partial charge in [0.1, 0.15) is 4.21 Å². The lowest BCUT2D eigenvalue weighted by atomic mass is 10.3. The molecule has 0 bridgehead atoms. The van der Waals surface area contributed by atoms with E-state index in [1.807, 2.05) is 26.0 Å². The van der Waals surface area contributed by atoms with E-state index in [9.17, 15) is 8.42 Å². The number of sulfonamides is 1. The van der Waals surface area contributed by atoms with Crippen LogP contribution in [0.15, 0.2) is 28.6 Å². The standard InChI is InChI=1S/C14H22N4O2S2/c1-3-18(4-2)22(19,20)14-6-5-13(21-14)8-9-15-11-12-7-10-16-17-12/h5-7,10,15H,3-4,8-9,11H2,1-2H3,(H,16,17). The molecule has 0 aromatic carbocycles. The van der Waals surface area contributed by atoms with E-state index in [0.717, 1.165) is 30.1 Å². The summed E-state index contributed by atoms with van der Waals surface area (Å²) >= 11 is 1.36. The van der Waals surface area contributed by atoms with Gasteiger partial charge in [-0.25, -0.2) is 8.42 Å². The number of H-pyrrole nitrogens is 1. The molecule has 2 heterocycles. The van der Waals surface area contributed by atoms with Crippen molar-refractivity contribution < 1.29 is 8.42 Å². The van der Waals surface area contributed by atoms with E-state index >= 15 is 0 Å².